The lowest BCUT2D eigenvalue weighted by Gasteiger charge is -2.17. The van der Waals surface area contributed by atoms with Gasteiger partial charge in [0.2, 0.25) is 5.89 Å². The first kappa shape index (κ1) is 12.3. The Morgan fingerprint density at radius 2 is 2.35 bits per heavy atom. The summed E-state index contributed by atoms with van der Waals surface area (Å²) < 4.78 is 10.8. The molecular weight excluding hydrogens is 220 g/mol. The van der Waals surface area contributed by atoms with Crippen molar-refractivity contribution in [3.05, 3.63) is 5.89 Å². The van der Waals surface area contributed by atoms with E-state index in [9.17, 15) is 0 Å². The van der Waals surface area contributed by atoms with E-state index < -0.39 is 0 Å². The Hall–Kier alpha value is -1.14. The maximum atomic E-state index is 5.48. The van der Waals surface area contributed by atoms with Gasteiger partial charge in [-0.3, -0.25) is 0 Å². The van der Waals surface area contributed by atoms with Crippen LogP contribution in [0.4, 0.5) is 6.01 Å². The van der Waals surface area contributed by atoms with Crippen molar-refractivity contribution in [1.82, 2.24) is 15.5 Å². The topological polar surface area (TPSA) is 72.2 Å². The van der Waals surface area contributed by atoms with E-state index in [-0.39, 0.29) is 0 Å². The molecule has 2 atom stereocenters. The molecule has 2 N–H and O–H groups in total. The maximum Gasteiger partial charge on any atom is 0.315 e. The normalized spacial score (nSPS) is 21.6. The molecule has 1 fully saturated rings. The molecule has 0 aliphatic carbocycles. The van der Waals surface area contributed by atoms with Crippen molar-refractivity contribution in [3.8, 4) is 0 Å². The van der Waals surface area contributed by atoms with E-state index in [1.165, 1.54) is 0 Å². The van der Waals surface area contributed by atoms with Crippen LogP contribution in [-0.4, -0.2) is 36.0 Å². The van der Waals surface area contributed by atoms with Crippen molar-refractivity contribution < 1.29 is 9.15 Å². The van der Waals surface area contributed by atoms with Gasteiger partial charge in [0.25, 0.3) is 0 Å². The second-order valence-electron chi connectivity index (χ2n) is 4.34. The van der Waals surface area contributed by atoms with Crippen molar-refractivity contribution >= 4 is 6.01 Å². The fraction of sp³-hybridized carbons (Fsp3) is 0.818. The maximum absolute atomic E-state index is 5.48. The molecule has 1 aromatic rings. The predicted octanol–water partition coefficient (Wildman–Crippen LogP) is 1.02. The molecule has 1 aliphatic rings. The SMILES string of the molecule is CCNCc1nnc(NC(C)C2CCOC2)o1. The van der Waals surface area contributed by atoms with Crippen molar-refractivity contribution in [2.24, 2.45) is 5.92 Å². The molecule has 1 aromatic heterocycles. The first-order chi connectivity index (χ1) is 8.29. The van der Waals surface area contributed by atoms with E-state index in [0.29, 0.717) is 30.4 Å². The number of aromatic nitrogens is 2. The molecule has 2 unspecified atom stereocenters. The third kappa shape index (κ3) is 3.41. The lowest BCUT2D eigenvalue weighted by atomic mass is 10.0. The molecule has 1 saturated heterocycles. The smallest absolute Gasteiger partial charge is 0.315 e. The van der Waals surface area contributed by atoms with E-state index in [2.05, 4.69) is 27.8 Å². The molecule has 17 heavy (non-hydrogen) atoms. The van der Waals surface area contributed by atoms with Crippen molar-refractivity contribution in [2.45, 2.75) is 32.9 Å². The van der Waals surface area contributed by atoms with Gasteiger partial charge in [0.15, 0.2) is 0 Å². The van der Waals surface area contributed by atoms with Crippen LogP contribution >= 0.6 is 0 Å². The fourth-order valence-electron chi connectivity index (χ4n) is 1.88. The lowest BCUT2D eigenvalue weighted by Crippen LogP contribution is -2.26. The molecule has 0 saturated carbocycles. The van der Waals surface area contributed by atoms with E-state index >= 15 is 0 Å². The van der Waals surface area contributed by atoms with Crippen molar-refractivity contribution in [2.75, 3.05) is 25.1 Å². The zero-order valence-corrected chi connectivity index (χ0v) is 10.4. The van der Waals surface area contributed by atoms with Crippen LogP contribution in [0.25, 0.3) is 0 Å². The number of hydrogen-bond donors (Lipinski definition) is 2. The van der Waals surface area contributed by atoms with Crippen LogP contribution in [0.2, 0.25) is 0 Å². The van der Waals surface area contributed by atoms with Crippen LogP contribution in [0.5, 0.6) is 0 Å². The monoisotopic (exact) mass is 240 g/mol. The van der Waals surface area contributed by atoms with Gasteiger partial charge in [-0.2, -0.15) is 0 Å². The highest BCUT2D eigenvalue weighted by molar-refractivity contribution is 5.19. The molecule has 0 spiro atoms. The van der Waals surface area contributed by atoms with Gasteiger partial charge in [0, 0.05) is 18.6 Å². The van der Waals surface area contributed by atoms with Crippen LogP contribution in [0.3, 0.4) is 0 Å². The van der Waals surface area contributed by atoms with Gasteiger partial charge in [-0.1, -0.05) is 12.0 Å². The van der Waals surface area contributed by atoms with E-state index in [1.54, 1.807) is 0 Å². The summed E-state index contributed by atoms with van der Waals surface area (Å²) in [6.07, 6.45) is 1.09. The largest absolute Gasteiger partial charge is 0.407 e. The Balaban J connectivity index is 1.83. The number of nitrogens with one attached hydrogen (secondary N) is 2. The fourth-order valence-corrected chi connectivity index (χ4v) is 1.88. The molecule has 2 rings (SSSR count). The first-order valence-electron chi connectivity index (χ1n) is 6.17. The standard InChI is InChI=1S/C11H20N4O2/c1-3-12-6-10-14-15-11(17-10)13-8(2)9-4-5-16-7-9/h8-9,12H,3-7H2,1-2H3,(H,13,15). The number of rotatable bonds is 6. The summed E-state index contributed by atoms with van der Waals surface area (Å²) >= 11 is 0. The van der Waals surface area contributed by atoms with Gasteiger partial charge in [-0.25, -0.2) is 0 Å². The average molecular weight is 240 g/mol. The first-order valence-corrected chi connectivity index (χ1v) is 6.17. The van der Waals surface area contributed by atoms with Crippen molar-refractivity contribution in [1.29, 1.82) is 0 Å². The Morgan fingerprint density at radius 3 is 3.06 bits per heavy atom. The number of ether oxygens (including phenoxy) is 1. The summed E-state index contributed by atoms with van der Waals surface area (Å²) in [4.78, 5) is 0. The molecular formula is C11H20N4O2. The molecule has 6 heteroatoms. The molecule has 96 valence electrons. The quantitative estimate of drug-likeness (QED) is 0.773. The molecule has 0 bridgehead atoms. The minimum atomic E-state index is 0.296. The van der Waals surface area contributed by atoms with E-state index in [0.717, 1.165) is 26.2 Å². The summed E-state index contributed by atoms with van der Waals surface area (Å²) in [7, 11) is 0. The minimum Gasteiger partial charge on any atom is -0.407 e. The zero-order valence-electron chi connectivity index (χ0n) is 10.4. The van der Waals surface area contributed by atoms with Gasteiger partial charge in [-0.05, 0) is 19.9 Å². The van der Waals surface area contributed by atoms with Crippen LogP contribution in [-0.2, 0) is 11.3 Å². The molecule has 6 nitrogen and oxygen atoms in total. The summed E-state index contributed by atoms with van der Waals surface area (Å²) in [6.45, 7) is 7.33. The second-order valence-corrected chi connectivity index (χ2v) is 4.34. The molecule has 2 heterocycles. The van der Waals surface area contributed by atoms with Gasteiger partial charge in [0.1, 0.15) is 0 Å². The lowest BCUT2D eigenvalue weighted by molar-refractivity contribution is 0.183. The molecule has 0 amide bonds. The Morgan fingerprint density at radius 1 is 1.47 bits per heavy atom. The van der Waals surface area contributed by atoms with Gasteiger partial charge < -0.3 is 19.8 Å². The highest BCUT2D eigenvalue weighted by atomic mass is 16.5. The van der Waals surface area contributed by atoms with Crippen LogP contribution in [0, 0.1) is 5.92 Å². The Kier molecular flexibility index (Phi) is 4.33. The molecule has 0 radical (unpaired) electrons. The van der Waals surface area contributed by atoms with Gasteiger partial charge in [0.05, 0.1) is 13.2 Å². The van der Waals surface area contributed by atoms with Crippen molar-refractivity contribution in [3.63, 3.8) is 0 Å². The molecule has 1 aliphatic heterocycles. The second kappa shape index (κ2) is 5.97. The summed E-state index contributed by atoms with van der Waals surface area (Å²) in [5.41, 5.74) is 0. The average Bonchev–Trinajstić information content (AvgIpc) is 2.97. The third-order valence-corrected chi connectivity index (χ3v) is 3.02. The zero-order chi connectivity index (χ0) is 12.1. The van der Waals surface area contributed by atoms with Crippen LogP contribution < -0.4 is 10.6 Å². The molecule has 0 aromatic carbocycles. The number of anilines is 1. The summed E-state index contributed by atoms with van der Waals surface area (Å²) in [5, 5.41) is 14.3. The summed E-state index contributed by atoms with van der Waals surface area (Å²) in [6, 6.07) is 0.794. The predicted molar refractivity (Wildman–Crippen MR) is 63.7 cm³/mol. The summed E-state index contributed by atoms with van der Waals surface area (Å²) in [5.74, 6) is 1.14. The highest BCUT2D eigenvalue weighted by Gasteiger charge is 2.23. The van der Waals surface area contributed by atoms with Gasteiger partial charge >= 0.3 is 6.01 Å². The highest BCUT2D eigenvalue weighted by Crippen LogP contribution is 2.19. The van der Waals surface area contributed by atoms with Crippen LogP contribution in [0.15, 0.2) is 4.42 Å². The van der Waals surface area contributed by atoms with E-state index in [4.69, 9.17) is 9.15 Å². The number of hydrogen-bond acceptors (Lipinski definition) is 6. The van der Waals surface area contributed by atoms with E-state index in [1.807, 2.05) is 6.92 Å². The Labute approximate surface area is 101 Å². The van der Waals surface area contributed by atoms with Crippen LogP contribution in [0.1, 0.15) is 26.2 Å². The minimum absolute atomic E-state index is 0.296. The third-order valence-electron chi connectivity index (χ3n) is 3.02. The number of nitrogens with zero attached hydrogens (tertiary/aromatic N) is 2. The Bertz CT molecular complexity index is 336. The van der Waals surface area contributed by atoms with Gasteiger partial charge in [-0.15, -0.1) is 5.10 Å².